The van der Waals surface area contributed by atoms with Crippen LogP contribution in [0.15, 0.2) is 0 Å². The van der Waals surface area contributed by atoms with Crippen LogP contribution >= 0.6 is 0 Å². The highest BCUT2D eigenvalue weighted by molar-refractivity contribution is 4.80. The minimum Gasteiger partial charge on any atom is -0.379 e. The first-order valence-corrected chi connectivity index (χ1v) is 6.70. The molecular weight excluding hydrogens is 202 g/mol. The molecule has 0 radical (unpaired) electrons. The Morgan fingerprint density at radius 1 is 1.44 bits per heavy atom. The molecule has 0 amide bonds. The molecule has 0 aromatic carbocycles. The predicted octanol–water partition coefficient (Wildman–Crippen LogP) is 2.21. The average Bonchev–Trinajstić information content (AvgIpc) is 2.29. The Morgan fingerprint density at radius 2 is 2.25 bits per heavy atom. The van der Waals surface area contributed by atoms with E-state index in [2.05, 4.69) is 26.1 Å². The summed E-state index contributed by atoms with van der Waals surface area (Å²) in [5.41, 5.74) is 0. The zero-order valence-corrected chi connectivity index (χ0v) is 11.0. The molecule has 3 nitrogen and oxygen atoms in total. The number of hydrogen-bond donors (Lipinski definition) is 1. The quantitative estimate of drug-likeness (QED) is 0.726. The molecule has 0 aromatic rings. The lowest BCUT2D eigenvalue weighted by Gasteiger charge is -2.32. The average molecular weight is 229 g/mol. The fraction of sp³-hybridized carbons (Fsp3) is 1.00. The minimum atomic E-state index is 0.244. The summed E-state index contributed by atoms with van der Waals surface area (Å²) in [6, 6.07) is 0.479. The molecule has 0 bridgehead atoms. The molecule has 1 fully saturated rings. The predicted molar refractivity (Wildman–Crippen MR) is 66.7 cm³/mol. The van der Waals surface area contributed by atoms with E-state index < -0.39 is 0 Å². The molecule has 0 spiro atoms. The fourth-order valence-electron chi connectivity index (χ4n) is 2.24. The molecule has 1 saturated heterocycles. The Kier molecular flexibility index (Phi) is 7.01. The zero-order valence-electron chi connectivity index (χ0n) is 11.0. The molecule has 3 heteroatoms. The number of hydrogen-bond acceptors (Lipinski definition) is 3. The third-order valence-electron chi connectivity index (χ3n) is 3.15. The van der Waals surface area contributed by atoms with Crippen molar-refractivity contribution in [2.75, 3.05) is 26.4 Å². The van der Waals surface area contributed by atoms with Crippen LogP contribution in [0.5, 0.6) is 0 Å². The van der Waals surface area contributed by atoms with E-state index in [0.717, 1.165) is 32.8 Å². The van der Waals surface area contributed by atoms with Crippen LogP contribution in [0.4, 0.5) is 0 Å². The van der Waals surface area contributed by atoms with Crippen molar-refractivity contribution in [2.24, 2.45) is 5.92 Å². The molecule has 0 aliphatic carbocycles. The Hall–Kier alpha value is -0.120. The van der Waals surface area contributed by atoms with Crippen molar-refractivity contribution in [3.05, 3.63) is 0 Å². The summed E-state index contributed by atoms with van der Waals surface area (Å²) in [4.78, 5) is 0. The molecule has 1 rings (SSSR count). The van der Waals surface area contributed by atoms with Gasteiger partial charge in [-0.25, -0.2) is 0 Å². The summed E-state index contributed by atoms with van der Waals surface area (Å²) < 4.78 is 11.5. The van der Waals surface area contributed by atoms with Gasteiger partial charge in [0.1, 0.15) is 0 Å². The molecular formula is C13H27NO2. The lowest BCUT2D eigenvalue weighted by atomic mass is 10.0. The van der Waals surface area contributed by atoms with Gasteiger partial charge in [-0.3, -0.25) is 0 Å². The van der Waals surface area contributed by atoms with Crippen LogP contribution < -0.4 is 5.32 Å². The first-order valence-electron chi connectivity index (χ1n) is 6.70. The van der Waals surface area contributed by atoms with Gasteiger partial charge in [-0.1, -0.05) is 27.2 Å². The minimum absolute atomic E-state index is 0.244. The Labute approximate surface area is 99.9 Å². The van der Waals surface area contributed by atoms with E-state index in [1.807, 2.05) is 0 Å². The van der Waals surface area contributed by atoms with E-state index in [4.69, 9.17) is 9.47 Å². The van der Waals surface area contributed by atoms with Gasteiger partial charge < -0.3 is 14.8 Å². The molecule has 1 N–H and O–H groups in total. The van der Waals surface area contributed by atoms with Gasteiger partial charge in [0.2, 0.25) is 0 Å². The Balaban J connectivity index is 2.26. The van der Waals surface area contributed by atoms with Crippen molar-refractivity contribution < 1.29 is 9.47 Å². The van der Waals surface area contributed by atoms with Gasteiger partial charge >= 0.3 is 0 Å². The molecule has 1 aliphatic rings. The molecule has 1 aliphatic heterocycles. The lowest BCUT2D eigenvalue weighted by molar-refractivity contribution is -0.0766. The van der Waals surface area contributed by atoms with E-state index in [-0.39, 0.29) is 6.10 Å². The van der Waals surface area contributed by atoms with Crippen molar-refractivity contribution in [2.45, 2.75) is 52.2 Å². The monoisotopic (exact) mass is 229 g/mol. The van der Waals surface area contributed by atoms with E-state index in [0.29, 0.717) is 12.0 Å². The summed E-state index contributed by atoms with van der Waals surface area (Å²) in [6.45, 7) is 10.1. The standard InChI is InChI=1S/C13H27NO2/c1-4-6-11(3)9-16-13-10-15-8-7-12(13)14-5-2/h11-14H,4-10H2,1-3H3. The third kappa shape index (κ3) is 4.81. The number of nitrogens with one attached hydrogen (secondary N) is 1. The van der Waals surface area contributed by atoms with Crippen molar-refractivity contribution in [3.8, 4) is 0 Å². The summed E-state index contributed by atoms with van der Waals surface area (Å²) in [5, 5.41) is 3.49. The maximum absolute atomic E-state index is 5.97. The second-order valence-electron chi connectivity index (χ2n) is 4.79. The summed E-state index contributed by atoms with van der Waals surface area (Å²) in [5.74, 6) is 0.661. The largest absolute Gasteiger partial charge is 0.379 e. The first-order chi connectivity index (χ1) is 7.77. The van der Waals surface area contributed by atoms with Gasteiger partial charge in [-0.2, -0.15) is 0 Å². The van der Waals surface area contributed by atoms with Crippen LogP contribution in [0.3, 0.4) is 0 Å². The Morgan fingerprint density at radius 3 is 2.94 bits per heavy atom. The highest BCUT2D eigenvalue weighted by atomic mass is 16.5. The van der Waals surface area contributed by atoms with Crippen molar-refractivity contribution in [1.29, 1.82) is 0 Å². The number of likely N-dealkylation sites (N-methyl/N-ethyl adjacent to an activating group) is 1. The highest BCUT2D eigenvalue weighted by Gasteiger charge is 2.25. The maximum atomic E-state index is 5.97. The summed E-state index contributed by atoms with van der Waals surface area (Å²) in [6.07, 6.45) is 3.80. The number of rotatable bonds is 7. The van der Waals surface area contributed by atoms with Crippen molar-refractivity contribution >= 4 is 0 Å². The lowest BCUT2D eigenvalue weighted by Crippen LogP contribution is -2.48. The first kappa shape index (κ1) is 13.9. The van der Waals surface area contributed by atoms with Crippen LogP contribution in [0.25, 0.3) is 0 Å². The SMILES string of the molecule is CCCC(C)COC1COCCC1NCC. The molecule has 0 aromatic heterocycles. The second-order valence-corrected chi connectivity index (χ2v) is 4.79. The van der Waals surface area contributed by atoms with Crippen molar-refractivity contribution in [3.63, 3.8) is 0 Å². The molecule has 0 saturated carbocycles. The van der Waals surface area contributed by atoms with E-state index in [1.54, 1.807) is 0 Å². The fourth-order valence-corrected chi connectivity index (χ4v) is 2.24. The van der Waals surface area contributed by atoms with Gasteiger partial charge in [-0.05, 0) is 25.3 Å². The van der Waals surface area contributed by atoms with Crippen LogP contribution in [0, 0.1) is 5.92 Å². The van der Waals surface area contributed by atoms with E-state index in [1.165, 1.54) is 12.8 Å². The summed E-state index contributed by atoms with van der Waals surface area (Å²) >= 11 is 0. The molecule has 96 valence electrons. The highest BCUT2D eigenvalue weighted by Crippen LogP contribution is 2.14. The second kappa shape index (κ2) is 8.04. The van der Waals surface area contributed by atoms with Crippen molar-refractivity contribution in [1.82, 2.24) is 5.32 Å². The topological polar surface area (TPSA) is 30.5 Å². The molecule has 1 heterocycles. The van der Waals surface area contributed by atoms with Crippen LogP contribution in [-0.2, 0) is 9.47 Å². The van der Waals surface area contributed by atoms with Gasteiger partial charge in [0.05, 0.1) is 12.7 Å². The van der Waals surface area contributed by atoms with Crippen LogP contribution in [0.2, 0.25) is 0 Å². The summed E-state index contributed by atoms with van der Waals surface area (Å²) in [7, 11) is 0. The molecule has 3 unspecified atom stereocenters. The maximum Gasteiger partial charge on any atom is 0.0961 e. The van der Waals surface area contributed by atoms with Gasteiger partial charge in [0.15, 0.2) is 0 Å². The normalized spacial score (nSPS) is 27.9. The van der Waals surface area contributed by atoms with E-state index >= 15 is 0 Å². The van der Waals surface area contributed by atoms with Gasteiger partial charge in [0, 0.05) is 19.3 Å². The van der Waals surface area contributed by atoms with E-state index in [9.17, 15) is 0 Å². The third-order valence-corrected chi connectivity index (χ3v) is 3.15. The molecule has 16 heavy (non-hydrogen) atoms. The van der Waals surface area contributed by atoms with Crippen LogP contribution in [0.1, 0.15) is 40.0 Å². The molecule has 3 atom stereocenters. The zero-order chi connectivity index (χ0) is 11.8. The van der Waals surface area contributed by atoms with Gasteiger partial charge in [-0.15, -0.1) is 0 Å². The Bertz CT molecular complexity index is 173. The van der Waals surface area contributed by atoms with Gasteiger partial charge in [0.25, 0.3) is 0 Å². The van der Waals surface area contributed by atoms with Crippen LogP contribution in [-0.4, -0.2) is 38.5 Å². The smallest absolute Gasteiger partial charge is 0.0961 e. The number of ether oxygens (including phenoxy) is 2.